The Morgan fingerprint density at radius 2 is 1.76 bits per heavy atom. The van der Waals surface area contributed by atoms with Crippen LogP contribution in [0.3, 0.4) is 0 Å². The molecular formula is C17H16. The van der Waals surface area contributed by atoms with Crippen molar-refractivity contribution in [1.29, 1.82) is 0 Å². The normalized spacial score (nSPS) is 11.8. The van der Waals surface area contributed by atoms with Gasteiger partial charge in [-0.2, -0.15) is 0 Å². The first-order valence-electron chi connectivity index (χ1n) is 5.84. The second kappa shape index (κ2) is 4.89. The van der Waals surface area contributed by atoms with Crippen molar-refractivity contribution in [3.63, 3.8) is 0 Å². The summed E-state index contributed by atoms with van der Waals surface area (Å²) in [6, 6.07) is 16.7. The Morgan fingerprint density at radius 1 is 1.06 bits per heavy atom. The lowest BCUT2D eigenvalue weighted by Gasteiger charge is -2.15. The van der Waals surface area contributed by atoms with E-state index in [2.05, 4.69) is 56.2 Å². The number of benzene rings is 2. The van der Waals surface area contributed by atoms with Crippen LogP contribution in [-0.4, -0.2) is 0 Å². The average Bonchev–Trinajstić information content (AvgIpc) is 2.39. The third-order valence-corrected chi connectivity index (χ3v) is 3.21. The number of hydrogen-bond acceptors (Lipinski definition) is 0. The van der Waals surface area contributed by atoms with Gasteiger partial charge in [0.25, 0.3) is 0 Å². The molecule has 2 aromatic rings. The molecule has 0 aromatic heterocycles. The van der Waals surface area contributed by atoms with Crippen LogP contribution < -0.4 is 0 Å². The zero-order valence-corrected chi connectivity index (χ0v) is 10.3. The van der Waals surface area contributed by atoms with Gasteiger partial charge < -0.3 is 0 Å². The van der Waals surface area contributed by atoms with Crippen LogP contribution in [0.4, 0.5) is 0 Å². The summed E-state index contributed by atoms with van der Waals surface area (Å²) in [7, 11) is 0. The quantitative estimate of drug-likeness (QED) is 0.668. The van der Waals surface area contributed by atoms with Crippen LogP contribution in [0, 0.1) is 19.3 Å². The zero-order valence-electron chi connectivity index (χ0n) is 10.3. The number of rotatable bonds is 2. The van der Waals surface area contributed by atoms with Gasteiger partial charge in [-0.3, -0.25) is 0 Å². The standard InChI is InChI=1S/C17H16/c1-4-15-11-10-13(2)17(12-15)14(3)16-8-6-5-7-9-16/h1,5-12,14H,2-3H3. The van der Waals surface area contributed by atoms with Gasteiger partial charge in [-0.25, -0.2) is 0 Å². The molecular weight excluding hydrogens is 204 g/mol. The van der Waals surface area contributed by atoms with Crippen molar-refractivity contribution in [2.45, 2.75) is 19.8 Å². The Balaban J connectivity index is 2.44. The molecule has 0 amide bonds. The molecule has 0 aliphatic carbocycles. The van der Waals surface area contributed by atoms with Crippen molar-refractivity contribution < 1.29 is 0 Å². The molecule has 0 heterocycles. The van der Waals surface area contributed by atoms with Crippen LogP contribution in [0.1, 0.15) is 35.1 Å². The molecule has 0 fully saturated rings. The minimum absolute atomic E-state index is 0.379. The highest BCUT2D eigenvalue weighted by Gasteiger charge is 2.10. The topological polar surface area (TPSA) is 0 Å². The summed E-state index contributed by atoms with van der Waals surface area (Å²) in [5.74, 6) is 3.08. The van der Waals surface area contributed by atoms with Crippen molar-refractivity contribution in [1.82, 2.24) is 0 Å². The molecule has 0 saturated heterocycles. The van der Waals surface area contributed by atoms with E-state index in [9.17, 15) is 0 Å². The average molecular weight is 220 g/mol. The summed E-state index contributed by atoms with van der Waals surface area (Å²) < 4.78 is 0. The lowest BCUT2D eigenvalue weighted by molar-refractivity contribution is 0.909. The van der Waals surface area contributed by atoms with Crippen molar-refractivity contribution in [3.8, 4) is 12.3 Å². The maximum atomic E-state index is 5.46. The highest BCUT2D eigenvalue weighted by molar-refractivity contribution is 5.44. The smallest absolute Gasteiger partial charge is 0.0245 e. The van der Waals surface area contributed by atoms with Crippen molar-refractivity contribution in [2.24, 2.45) is 0 Å². The Bertz CT molecular complexity index is 544. The Hall–Kier alpha value is -2.00. The van der Waals surface area contributed by atoms with E-state index in [1.54, 1.807) is 0 Å². The second-order valence-corrected chi connectivity index (χ2v) is 4.35. The van der Waals surface area contributed by atoms with E-state index in [1.807, 2.05) is 12.1 Å². The number of hydrogen-bond donors (Lipinski definition) is 0. The molecule has 0 spiro atoms. The second-order valence-electron chi connectivity index (χ2n) is 4.35. The highest BCUT2D eigenvalue weighted by atomic mass is 14.1. The van der Waals surface area contributed by atoms with E-state index in [-0.39, 0.29) is 0 Å². The first kappa shape index (κ1) is 11.5. The van der Waals surface area contributed by atoms with Crippen molar-refractivity contribution in [3.05, 3.63) is 70.8 Å². The summed E-state index contributed by atoms with van der Waals surface area (Å²) in [5, 5.41) is 0. The first-order chi connectivity index (χ1) is 8.22. The van der Waals surface area contributed by atoms with Crippen LogP contribution >= 0.6 is 0 Å². The van der Waals surface area contributed by atoms with Gasteiger partial charge in [0.1, 0.15) is 0 Å². The first-order valence-corrected chi connectivity index (χ1v) is 5.84. The molecule has 0 bridgehead atoms. The third-order valence-electron chi connectivity index (χ3n) is 3.21. The zero-order chi connectivity index (χ0) is 12.3. The minimum Gasteiger partial charge on any atom is -0.115 e. The molecule has 1 atom stereocenters. The van der Waals surface area contributed by atoms with Gasteiger partial charge in [0.2, 0.25) is 0 Å². The molecule has 0 heteroatoms. The van der Waals surface area contributed by atoms with Gasteiger partial charge in [-0.1, -0.05) is 49.2 Å². The predicted molar refractivity (Wildman–Crippen MR) is 73.1 cm³/mol. The molecule has 17 heavy (non-hydrogen) atoms. The van der Waals surface area contributed by atoms with Crippen molar-refractivity contribution >= 4 is 0 Å². The maximum Gasteiger partial charge on any atom is 0.0245 e. The molecule has 84 valence electrons. The Labute approximate surface area is 103 Å². The predicted octanol–water partition coefficient (Wildman–Crippen LogP) is 4.13. The monoisotopic (exact) mass is 220 g/mol. The van der Waals surface area contributed by atoms with E-state index in [0.717, 1.165) is 5.56 Å². The third kappa shape index (κ3) is 2.40. The Kier molecular flexibility index (Phi) is 3.30. The molecule has 0 saturated carbocycles. The van der Waals surface area contributed by atoms with Gasteiger partial charge in [0.15, 0.2) is 0 Å². The minimum atomic E-state index is 0.379. The van der Waals surface area contributed by atoms with Crippen LogP contribution in [-0.2, 0) is 0 Å². The highest BCUT2D eigenvalue weighted by Crippen LogP contribution is 2.27. The van der Waals surface area contributed by atoms with Gasteiger partial charge >= 0.3 is 0 Å². The largest absolute Gasteiger partial charge is 0.115 e. The number of aryl methyl sites for hydroxylation is 1. The summed E-state index contributed by atoms with van der Waals surface area (Å²) in [4.78, 5) is 0. The molecule has 0 aliphatic rings. The van der Waals surface area contributed by atoms with E-state index < -0.39 is 0 Å². The van der Waals surface area contributed by atoms with E-state index in [0.29, 0.717) is 5.92 Å². The van der Waals surface area contributed by atoms with E-state index in [1.165, 1.54) is 16.7 Å². The van der Waals surface area contributed by atoms with Gasteiger partial charge in [-0.05, 0) is 35.7 Å². The molecule has 2 aromatic carbocycles. The SMILES string of the molecule is C#Cc1ccc(C)c(C(C)c2ccccc2)c1. The van der Waals surface area contributed by atoms with E-state index >= 15 is 0 Å². The van der Waals surface area contributed by atoms with Crippen molar-refractivity contribution in [2.75, 3.05) is 0 Å². The summed E-state index contributed by atoms with van der Waals surface area (Å²) in [6.45, 7) is 4.35. The lowest BCUT2D eigenvalue weighted by Crippen LogP contribution is -1.99. The summed E-state index contributed by atoms with van der Waals surface area (Å²) in [5.41, 5.74) is 4.88. The molecule has 0 radical (unpaired) electrons. The fourth-order valence-electron chi connectivity index (χ4n) is 2.12. The van der Waals surface area contributed by atoms with Crippen LogP contribution in [0.25, 0.3) is 0 Å². The molecule has 0 N–H and O–H groups in total. The molecule has 2 rings (SSSR count). The van der Waals surface area contributed by atoms with E-state index in [4.69, 9.17) is 6.42 Å². The van der Waals surface area contributed by atoms with Gasteiger partial charge in [0, 0.05) is 11.5 Å². The molecule has 1 unspecified atom stereocenters. The van der Waals surface area contributed by atoms with Crippen LogP contribution in [0.2, 0.25) is 0 Å². The van der Waals surface area contributed by atoms with Gasteiger partial charge in [-0.15, -0.1) is 6.42 Å². The summed E-state index contributed by atoms with van der Waals surface area (Å²) >= 11 is 0. The lowest BCUT2D eigenvalue weighted by atomic mass is 9.89. The molecule has 0 nitrogen and oxygen atoms in total. The molecule has 0 aliphatic heterocycles. The van der Waals surface area contributed by atoms with Gasteiger partial charge in [0.05, 0.1) is 0 Å². The fraction of sp³-hybridized carbons (Fsp3) is 0.176. The maximum absolute atomic E-state index is 5.46. The van der Waals surface area contributed by atoms with Crippen LogP contribution in [0.5, 0.6) is 0 Å². The summed E-state index contributed by atoms with van der Waals surface area (Å²) in [6.07, 6.45) is 5.46. The van der Waals surface area contributed by atoms with Crippen LogP contribution in [0.15, 0.2) is 48.5 Å². The fourth-order valence-corrected chi connectivity index (χ4v) is 2.12. The Morgan fingerprint density at radius 3 is 2.41 bits per heavy atom. The number of terminal acetylenes is 1.